The van der Waals surface area contributed by atoms with Gasteiger partial charge in [0.1, 0.15) is 5.52 Å². The third-order valence-corrected chi connectivity index (χ3v) is 1.38. The summed E-state index contributed by atoms with van der Waals surface area (Å²) < 4.78 is 12.8. The molecule has 0 aromatic carbocycles. The molecular weight excluding hydrogens is 171 g/mol. The number of nitrogens with one attached hydrogen (secondary N) is 1. The van der Waals surface area contributed by atoms with Gasteiger partial charge in [-0.25, -0.2) is 4.98 Å². The van der Waals surface area contributed by atoms with Gasteiger partial charge in [0.25, 0.3) is 0 Å². The molecule has 56 valence electrons. The third-order valence-electron chi connectivity index (χ3n) is 1.21. The lowest BCUT2D eigenvalue weighted by molar-refractivity contribution is 0.591. The molecule has 4 nitrogen and oxygen atoms in total. The first kappa shape index (κ1) is 6.48. The lowest BCUT2D eigenvalue weighted by Gasteiger charge is -1.89. The van der Waals surface area contributed by atoms with Crippen LogP contribution in [0.25, 0.3) is 11.2 Å². The van der Waals surface area contributed by atoms with Crippen LogP contribution < -0.4 is 0 Å². The summed E-state index contributed by atoms with van der Waals surface area (Å²) in [6, 6.07) is 0. The number of H-pyrrole nitrogens is 1. The number of rotatable bonds is 0. The Labute approximate surface area is 65.4 Å². The molecule has 6 heteroatoms. The van der Waals surface area contributed by atoms with Crippen molar-refractivity contribution in [1.29, 1.82) is 0 Å². The van der Waals surface area contributed by atoms with Gasteiger partial charge >= 0.3 is 0 Å². The van der Waals surface area contributed by atoms with Crippen LogP contribution >= 0.6 is 11.6 Å². The van der Waals surface area contributed by atoms with Crippen LogP contribution in [0.15, 0.2) is 6.33 Å². The van der Waals surface area contributed by atoms with Gasteiger partial charge in [-0.15, -0.1) is 0 Å². The Balaban J connectivity index is 2.91. The lowest BCUT2D eigenvalue weighted by atomic mass is 10.5. The molecule has 2 heterocycles. The maximum atomic E-state index is 12.8. The highest BCUT2D eigenvalue weighted by Gasteiger charge is 2.06. The van der Waals surface area contributed by atoms with Crippen molar-refractivity contribution in [2.75, 3.05) is 0 Å². The Bertz CT molecular complexity index is 398. The maximum absolute atomic E-state index is 12.8. The Morgan fingerprint density at radius 3 is 3.09 bits per heavy atom. The number of aromatic amines is 1. The molecule has 0 aliphatic rings. The fraction of sp³-hybridized carbons (Fsp3) is 0. The Morgan fingerprint density at radius 1 is 1.45 bits per heavy atom. The average Bonchev–Trinajstić information content (AvgIpc) is 2.34. The van der Waals surface area contributed by atoms with Crippen LogP contribution in [0.1, 0.15) is 0 Å². The predicted octanol–water partition coefficient (Wildman–Crippen LogP) is 1.15. The highest BCUT2D eigenvalue weighted by atomic mass is 35.5. The number of hydrogen-bond acceptors (Lipinski definition) is 3. The highest BCUT2D eigenvalue weighted by molar-refractivity contribution is 6.28. The van der Waals surface area contributed by atoms with E-state index in [9.17, 15) is 4.39 Å². The first-order valence-electron chi connectivity index (χ1n) is 2.79. The summed E-state index contributed by atoms with van der Waals surface area (Å²) in [4.78, 5) is 13.2. The maximum Gasteiger partial charge on any atom is 0.243 e. The normalized spacial score (nSPS) is 10.7. The van der Waals surface area contributed by atoms with Gasteiger partial charge in [-0.2, -0.15) is 14.4 Å². The van der Waals surface area contributed by atoms with Crippen molar-refractivity contribution >= 4 is 22.8 Å². The zero-order valence-electron chi connectivity index (χ0n) is 5.17. The molecule has 0 unspecified atom stereocenters. The summed E-state index contributed by atoms with van der Waals surface area (Å²) >= 11 is 5.36. The van der Waals surface area contributed by atoms with Gasteiger partial charge in [-0.3, -0.25) is 0 Å². The van der Waals surface area contributed by atoms with E-state index < -0.39 is 5.95 Å². The number of fused-ring (bicyclic) bond motifs is 1. The summed E-state index contributed by atoms with van der Waals surface area (Å²) in [5, 5.41) is -0.137. The number of halogens is 2. The molecule has 0 fully saturated rings. The summed E-state index contributed by atoms with van der Waals surface area (Å²) in [5.41, 5.74) is 0.414. The van der Waals surface area contributed by atoms with Crippen LogP contribution in [0, 0.1) is 5.95 Å². The molecule has 0 atom stereocenters. The molecule has 0 saturated carbocycles. The first-order valence-corrected chi connectivity index (χ1v) is 3.17. The number of hydrogen-bond donors (Lipinski definition) is 1. The van der Waals surface area contributed by atoms with E-state index in [0.717, 1.165) is 0 Å². The summed E-state index contributed by atoms with van der Waals surface area (Å²) in [6.07, 6.45) is 1.33. The van der Waals surface area contributed by atoms with E-state index in [1.807, 2.05) is 0 Å². The van der Waals surface area contributed by atoms with E-state index in [1.54, 1.807) is 0 Å². The van der Waals surface area contributed by atoms with E-state index in [1.165, 1.54) is 6.33 Å². The van der Waals surface area contributed by atoms with Crippen LogP contribution in [0.3, 0.4) is 0 Å². The fourth-order valence-electron chi connectivity index (χ4n) is 0.773. The van der Waals surface area contributed by atoms with Gasteiger partial charge < -0.3 is 4.98 Å². The molecule has 0 saturated heterocycles. The highest BCUT2D eigenvalue weighted by Crippen LogP contribution is 2.11. The minimum absolute atomic E-state index is 0.137. The second kappa shape index (κ2) is 2.13. The Morgan fingerprint density at radius 2 is 2.27 bits per heavy atom. The summed E-state index contributed by atoms with van der Waals surface area (Å²) in [7, 11) is 0. The molecule has 11 heavy (non-hydrogen) atoms. The van der Waals surface area contributed by atoms with Gasteiger partial charge in [0.15, 0.2) is 5.65 Å². The second-order valence-electron chi connectivity index (χ2n) is 1.88. The zero-order chi connectivity index (χ0) is 7.84. The monoisotopic (exact) mass is 172 g/mol. The van der Waals surface area contributed by atoms with Crippen molar-refractivity contribution < 1.29 is 4.39 Å². The van der Waals surface area contributed by atoms with Crippen LogP contribution in [0.2, 0.25) is 5.28 Å². The average molecular weight is 173 g/mol. The van der Waals surface area contributed by atoms with Crippen molar-refractivity contribution in [2.45, 2.75) is 0 Å². The van der Waals surface area contributed by atoms with Gasteiger partial charge in [0.05, 0.1) is 6.33 Å². The molecule has 2 rings (SSSR count). The predicted molar refractivity (Wildman–Crippen MR) is 36.7 cm³/mol. The standard InChI is InChI=1S/C5H2ClFN4/c6-5-10-3(7)2-4(11-5)9-1-8-2/h1H,(H,8,9,10,11). The molecule has 0 spiro atoms. The quantitative estimate of drug-likeness (QED) is 0.479. The van der Waals surface area contributed by atoms with Crippen molar-refractivity contribution in [3.05, 3.63) is 17.6 Å². The fourth-order valence-corrected chi connectivity index (χ4v) is 0.927. The molecule has 1 N–H and O–H groups in total. The SMILES string of the molecule is Fc1nc(Cl)nc2nc[nH]c12. The van der Waals surface area contributed by atoms with E-state index in [0.29, 0.717) is 0 Å². The van der Waals surface area contributed by atoms with Gasteiger partial charge in [-0.05, 0) is 11.6 Å². The third kappa shape index (κ3) is 0.932. The van der Waals surface area contributed by atoms with Gasteiger partial charge in [0.2, 0.25) is 11.2 Å². The zero-order valence-corrected chi connectivity index (χ0v) is 5.93. The summed E-state index contributed by atoms with van der Waals surface area (Å²) in [5.74, 6) is -0.683. The van der Waals surface area contributed by atoms with Crippen molar-refractivity contribution in [2.24, 2.45) is 0 Å². The van der Waals surface area contributed by atoms with Crippen molar-refractivity contribution in [3.8, 4) is 0 Å². The molecule has 0 aliphatic carbocycles. The largest absolute Gasteiger partial charge is 0.339 e. The number of nitrogens with zero attached hydrogens (tertiary/aromatic N) is 3. The summed E-state index contributed by atoms with van der Waals surface area (Å²) in [6.45, 7) is 0. The number of aromatic nitrogens is 4. The molecule has 2 aromatic rings. The van der Waals surface area contributed by atoms with Crippen molar-refractivity contribution in [1.82, 2.24) is 19.9 Å². The Kier molecular flexibility index (Phi) is 1.25. The molecule has 0 aliphatic heterocycles. The molecule has 2 aromatic heterocycles. The van der Waals surface area contributed by atoms with Gasteiger partial charge in [-0.1, -0.05) is 0 Å². The Hall–Kier alpha value is -1.23. The molecular formula is C5H2ClFN4. The molecule has 0 amide bonds. The van der Waals surface area contributed by atoms with E-state index >= 15 is 0 Å². The van der Waals surface area contributed by atoms with Crippen LogP contribution in [-0.2, 0) is 0 Å². The van der Waals surface area contributed by atoms with E-state index in [2.05, 4.69) is 19.9 Å². The minimum atomic E-state index is -0.683. The van der Waals surface area contributed by atoms with Crippen LogP contribution in [0.4, 0.5) is 4.39 Å². The van der Waals surface area contributed by atoms with Crippen LogP contribution in [0.5, 0.6) is 0 Å². The second-order valence-corrected chi connectivity index (χ2v) is 2.22. The molecule has 0 bridgehead atoms. The number of imidazole rings is 1. The van der Waals surface area contributed by atoms with E-state index in [-0.39, 0.29) is 16.4 Å². The first-order chi connectivity index (χ1) is 5.27. The van der Waals surface area contributed by atoms with E-state index in [4.69, 9.17) is 11.6 Å². The minimum Gasteiger partial charge on any atom is -0.339 e. The van der Waals surface area contributed by atoms with Crippen LogP contribution in [-0.4, -0.2) is 19.9 Å². The van der Waals surface area contributed by atoms with Crippen molar-refractivity contribution in [3.63, 3.8) is 0 Å². The topological polar surface area (TPSA) is 54.5 Å². The van der Waals surface area contributed by atoms with Gasteiger partial charge in [0, 0.05) is 0 Å². The smallest absolute Gasteiger partial charge is 0.243 e. The lowest BCUT2D eigenvalue weighted by Crippen LogP contribution is -1.89. The molecule has 0 radical (unpaired) electrons.